The molecule has 0 atom stereocenters. The third-order valence-electron chi connectivity index (χ3n) is 5.18. The van der Waals surface area contributed by atoms with Gasteiger partial charge in [0.25, 0.3) is 0 Å². The van der Waals surface area contributed by atoms with Crippen molar-refractivity contribution in [2.24, 2.45) is 5.41 Å². The van der Waals surface area contributed by atoms with Gasteiger partial charge in [-0.1, -0.05) is 59.3 Å². The van der Waals surface area contributed by atoms with Gasteiger partial charge < -0.3 is 4.98 Å². The van der Waals surface area contributed by atoms with E-state index in [0.29, 0.717) is 5.41 Å². The quantitative estimate of drug-likeness (QED) is 0.486. The summed E-state index contributed by atoms with van der Waals surface area (Å²) in [4.78, 5) is 12.4. The largest absolute Gasteiger partial charge is 0.326 e. The molecule has 133 valence electrons. The lowest BCUT2D eigenvalue weighted by Crippen LogP contribution is -2.22. The molecule has 2 heterocycles. The summed E-state index contributed by atoms with van der Waals surface area (Å²) in [7, 11) is 0. The minimum Gasteiger partial charge on any atom is -0.326 e. The summed E-state index contributed by atoms with van der Waals surface area (Å²) in [6, 6.07) is 3.97. The molecule has 0 unspecified atom stereocenters. The molecule has 2 aromatic rings. The molecule has 0 amide bonds. The van der Waals surface area contributed by atoms with Crippen molar-refractivity contribution in [2.45, 2.75) is 85.0 Å². The molecule has 0 spiro atoms. The van der Waals surface area contributed by atoms with E-state index in [9.17, 15) is 0 Å². The fraction of sp³-hybridized carbons (Fsp3) is 0.667. The third kappa shape index (κ3) is 5.32. The third-order valence-corrected chi connectivity index (χ3v) is 5.18. The molecular weight excluding hydrogens is 294 g/mol. The van der Waals surface area contributed by atoms with E-state index < -0.39 is 0 Å². The molecule has 24 heavy (non-hydrogen) atoms. The highest BCUT2D eigenvalue weighted by molar-refractivity contribution is 5.70. The summed E-state index contributed by atoms with van der Waals surface area (Å²) >= 11 is 0. The Labute approximate surface area is 147 Å². The van der Waals surface area contributed by atoms with E-state index in [1.165, 1.54) is 57.8 Å². The maximum absolute atomic E-state index is 4.68. The first kappa shape index (κ1) is 19.0. The van der Waals surface area contributed by atoms with Crippen LogP contribution in [0.1, 0.15) is 90.8 Å². The number of hydrogen-bond acceptors (Lipinski definition) is 2. The van der Waals surface area contributed by atoms with E-state index in [4.69, 9.17) is 0 Å². The topological polar surface area (TPSA) is 41.6 Å². The average molecular weight is 329 g/mol. The molecule has 0 saturated carbocycles. The van der Waals surface area contributed by atoms with Crippen molar-refractivity contribution in [1.82, 2.24) is 15.0 Å². The van der Waals surface area contributed by atoms with E-state index >= 15 is 0 Å². The summed E-state index contributed by atoms with van der Waals surface area (Å²) in [5.41, 5.74) is 2.31. The number of imidazole rings is 1. The summed E-state index contributed by atoms with van der Waals surface area (Å²) in [6.07, 6.45) is 17.2. The molecule has 0 bridgehead atoms. The molecule has 0 fully saturated rings. The molecule has 3 nitrogen and oxygen atoms in total. The zero-order chi connectivity index (χ0) is 17.3. The highest BCUT2D eigenvalue weighted by Crippen LogP contribution is 2.41. The maximum atomic E-state index is 4.68. The fourth-order valence-electron chi connectivity index (χ4n) is 3.61. The van der Waals surface area contributed by atoms with Crippen LogP contribution in [0.15, 0.2) is 18.3 Å². The van der Waals surface area contributed by atoms with E-state index in [0.717, 1.165) is 23.4 Å². The number of fused-ring (bicyclic) bond motifs is 1. The van der Waals surface area contributed by atoms with Crippen LogP contribution in [0.25, 0.3) is 11.2 Å². The Balaban J connectivity index is 2.08. The van der Waals surface area contributed by atoms with E-state index in [2.05, 4.69) is 42.1 Å². The van der Waals surface area contributed by atoms with Gasteiger partial charge in [0.1, 0.15) is 11.3 Å². The van der Waals surface area contributed by atoms with Gasteiger partial charge in [-0.2, -0.15) is 0 Å². The second-order valence-corrected chi connectivity index (χ2v) is 7.21. The summed E-state index contributed by atoms with van der Waals surface area (Å²) < 4.78 is 0. The Morgan fingerprint density at radius 1 is 1.00 bits per heavy atom. The monoisotopic (exact) mass is 328 g/mol. The van der Waals surface area contributed by atoms with Crippen LogP contribution in [-0.2, 0) is 0 Å². The molecule has 0 saturated heterocycles. The predicted octanol–water partition coefficient (Wildman–Crippen LogP) is 6.46. The van der Waals surface area contributed by atoms with Crippen molar-refractivity contribution in [1.29, 1.82) is 0 Å². The zero-order valence-electron chi connectivity index (χ0n) is 15.8. The molecule has 0 aliphatic rings. The molecule has 0 aromatic carbocycles. The van der Waals surface area contributed by atoms with Crippen molar-refractivity contribution in [3.05, 3.63) is 30.6 Å². The van der Waals surface area contributed by atoms with Crippen molar-refractivity contribution in [3.8, 4) is 0 Å². The van der Waals surface area contributed by atoms with Crippen LogP contribution in [0, 0.1) is 11.8 Å². The molecule has 1 N–H and O–H groups in total. The Morgan fingerprint density at radius 2 is 1.62 bits per heavy atom. The number of unbranched alkanes of at least 4 members (excludes halogenated alkanes) is 3. The van der Waals surface area contributed by atoms with Crippen LogP contribution in [0.4, 0.5) is 0 Å². The van der Waals surface area contributed by atoms with Crippen molar-refractivity contribution < 1.29 is 0 Å². The lowest BCUT2D eigenvalue weighted by Gasteiger charge is -2.34. The van der Waals surface area contributed by atoms with Crippen LogP contribution in [-0.4, -0.2) is 15.0 Å². The fourth-order valence-corrected chi connectivity index (χ4v) is 3.61. The summed E-state index contributed by atoms with van der Waals surface area (Å²) in [5, 5.41) is 0. The van der Waals surface area contributed by atoms with E-state index in [1.807, 2.05) is 18.3 Å². The van der Waals surface area contributed by atoms with Gasteiger partial charge in [-0.05, 0) is 43.2 Å². The lowest BCUT2D eigenvalue weighted by molar-refractivity contribution is 0.197. The summed E-state index contributed by atoms with van der Waals surface area (Å²) in [5.74, 6) is 0.984. The molecule has 1 radical (unpaired) electrons. The second kappa shape index (κ2) is 9.80. The molecular formula is C21H34N3. The van der Waals surface area contributed by atoms with Crippen LogP contribution in [0.2, 0.25) is 0 Å². The second-order valence-electron chi connectivity index (χ2n) is 7.21. The number of nitrogens with one attached hydrogen (secondary N) is 1. The predicted molar refractivity (Wildman–Crippen MR) is 103 cm³/mol. The standard InChI is InChI=1S/C21H34N3/c1-4-7-13-21(14-8-5-2,15-9-6-3)16-12-19-23-18-11-10-17-22-20(18)24-19/h10-12,17H,4-9,13-16H2,1-3H3,(H,22,23,24). The first-order valence-corrected chi connectivity index (χ1v) is 9.87. The SMILES string of the molecule is CCCCC(C[CH]c1nc2cccnc2[nH]1)(CCCC)CCCC. The number of aromatic amines is 1. The molecule has 2 rings (SSSR count). The minimum absolute atomic E-state index is 0.453. The van der Waals surface area contributed by atoms with Gasteiger partial charge >= 0.3 is 0 Å². The number of nitrogens with zero attached hydrogens (tertiary/aromatic N) is 2. The maximum Gasteiger partial charge on any atom is 0.157 e. The van der Waals surface area contributed by atoms with Gasteiger partial charge in [0, 0.05) is 12.6 Å². The first-order valence-electron chi connectivity index (χ1n) is 9.87. The smallest absolute Gasteiger partial charge is 0.157 e. The summed E-state index contributed by atoms with van der Waals surface area (Å²) in [6.45, 7) is 6.91. The highest BCUT2D eigenvalue weighted by Gasteiger charge is 2.28. The van der Waals surface area contributed by atoms with Gasteiger partial charge in [-0.25, -0.2) is 9.97 Å². The molecule has 0 aliphatic heterocycles. The lowest BCUT2D eigenvalue weighted by atomic mass is 9.71. The number of hydrogen-bond donors (Lipinski definition) is 1. The average Bonchev–Trinajstić information content (AvgIpc) is 3.03. The first-order chi connectivity index (χ1) is 11.7. The number of H-pyrrole nitrogens is 1. The van der Waals surface area contributed by atoms with E-state index in [1.54, 1.807) is 0 Å². The highest BCUT2D eigenvalue weighted by atomic mass is 15.0. The van der Waals surface area contributed by atoms with Gasteiger partial charge in [-0.3, -0.25) is 0 Å². The zero-order valence-corrected chi connectivity index (χ0v) is 15.8. The Hall–Kier alpha value is -1.38. The molecule has 0 aliphatic carbocycles. The van der Waals surface area contributed by atoms with Crippen molar-refractivity contribution in [2.75, 3.05) is 0 Å². The number of aromatic nitrogens is 3. The molecule has 3 heteroatoms. The normalized spacial score (nSPS) is 12.1. The Bertz CT molecular complexity index is 533. The van der Waals surface area contributed by atoms with Gasteiger partial charge in [0.2, 0.25) is 0 Å². The van der Waals surface area contributed by atoms with Crippen LogP contribution in [0.3, 0.4) is 0 Å². The Kier molecular flexibility index (Phi) is 7.74. The molecule has 2 aromatic heterocycles. The number of pyridine rings is 1. The van der Waals surface area contributed by atoms with Crippen molar-refractivity contribution in [3.63, 3.8) is 0 Å². The van der Waals surface area contributed by atoms with Gasteiger partial charge in [0.05, 0.1) is 0 Å². The van der Waals surface area contributed by atoms with Crippen LogP contribution >= 0.6 is 0 Å². The van der Waals surface area contributed by atoms with Crippen LogP contribution < -0.4 is 0 Å². The minimum atomic E-state index is 0.453. The van der Waals surface area contributed by atoms with E-state index in [-0.39, 0.29) is 0 Å². The Morgan fingerprint density at radius 3 is 2.17 bits per heavy atom. The van der Waals surface area contributed by atoms with Gasteiger partial charge in [-0.15, -0.1) is 0 Å². The van der Waals surface area contributed by atoms with Gasteiger partial charge in [0.15, 0.2) is 5.65 Å². The number of rotatable bonds is 12. The van der Waals surface area contributed by atoms with Crippen LogP contribution in [0.5, 0.6) is 0 Å². The van der Waals surface area contributed by atoms with Crippen molar-refractivity contribution >= 4 is 11.2 Å².